The van der Waals surface area contributed by atoms with Gasteiger partial charge in [0, 0.05) is 5.75 Å². The van der Waals surface area contributed by atoms with Gasteiger partial charge in [-0.3, -0.25) is 0 Å². The summed E-state index contributed by atoms with van der Waals surface area (Å²) in [6.07, 6.45) is 21.8. The first kappa shape index (κ1) is 23.9. The molecular formula is C18H39O2PS2. The maximum Gasteiger partial charge on any atom is 0.242 e. The average molecular weight is 383 g/mol. The Morgan fingerprint density at radius 1 is 0.609 bits per heavy atom. The van der Waals surface area contributed by atoms with Gasteiger partial charge in [0.05, 0.1) is 0 Å². The van der Waals surface area contributed by atoms with Crippen molar-refractivity contribution in [3.8, 4) is 0 Å². The van der Waals surface area contributed by atoms with Crippen LogP contribution in [0.4, 0.5) is 0 Å². The standard InChI is InChI=1S/C18H39O2PS2/c1-2-3-4-5-6-7-8-9-10-11-12-13-14-15-16-17-18-23-21(19,20)22/h2-18H2,1H3,(H2,19,20,22). The molecule has 5 heteroatoms. The minimum absolute atomic E-state index is 0.794. The van der Waals surface area contributed by atoms with Gasteiger partial charge in [0.2, 0.25) is 5.69 Å². The summed E-state index contributed by atoms with van der Waals surface area (Å²) >= 11 is 5.74. The molecule has 0 amide bonds. The van der Waals surface area contributed by atoms with Gasteiger partial charge in [-0.1, -0.05) is 115 Å². The predicted molar refractivity (Wildman–Crippen MR) is 111 cm³/mol. The van der Waals surface area contributed by atoms with E-state index in [-0.39, 0.29) is 0 Å². The summed E-state index contributed by atoms with van der Waals surface area (Å²) in [5.41, 5.74) is -3.01. The summed E-state index contributed by atoms with van der Waals surface area (Å²) in [5.74, 6) is 0.794. The normalized spacial score (nSPS) is 12.0. The highest BCUT2D eigenvalue weighted by Gasteiger charge is 2.06. The van der Waals surface area contributed by atoms with Crippen molar-refractivity contribution in [2.24, 2.45) is 0 Å². The van der Waals surface area contributed by atoms with E-state index in [2.05, 4.69) is 18.7 Å². The van der Waals surface area contributed by atoms with Gasteiger partial charge in [-0.15, -0.1) is 0 Å². The van der Waals surface area contributed by atoms with Crippen LogP contribution in [0.1, 0.15) is 110 Å². The van der Waals surface area contributed by atoms with Crippen LogP contribution in [0, 0.1) is 0 Å². The van der Waals surface area contributed by atoms with Crippen molar-refractivity contribution in [1.82, 2.24) is 0 Å². The van der Waals surface area contributed by atoms with Crippen LogP contribution in [0.25, 0.3) is 0 Å². The van der Waals surface area contributed by atoms with Gasteiger partial charge in [-0.2, -0.15) is 0 Å². The SMILES string of the molecule is CCCCCCCCCCCCCCCCCCSP(O)(O)=S. The first-order valence-electron chi connectivity index (χ1n) is 9.76. The zero-order chi connectivity index (χ0) is 17.2. The Bertz CT molecular complexity index is 282. The van der Waals surface area contributed by atoms with Gasteiger partial charge in [-0.05, 0) is 18.2 Å². The van der Waals surface area contributed by atoms with Crippen LogP contribution >= 0.6 is 17.1 Å². The van der Waals surface area contributed by atoms with Crippen LogP contribution in [0.5, 0.6) is 0 Å². The largest absolute Gasteiger partial charge is 0.338 e. The second-order valence-electron chi connectivity index (χ2n) is 6.63. The van der Waals surface area contributed by atoms with E-state index < -0.39 is 5.69 Å². The lowest BCUT2D eigenvalue weighted by Crippen LogP contribution is -1.84. The lowest BCUT2D eigenvalue weighted by atomic mass is 10.0. The molecule has 0 saturated carbocycles. The van der Waals surface area contributed by atoms with Gasteiger partial charge in [-0.25, -0.2) is 0 Å². The molecule has 2 N–H and O–H groups in total. The van der Waals surface area contributed by atoms with Crippen LogP contribution in [-0.2, 0) is 11.8 Å². The molecule has 0 heterocycles. The third-order valence-corrected chi connectivity index (χ3v) is 7.57. The molecule has 0 unspecified atom stereocenters. The predicted octanol–water partition coefficient (Wildman–Crippen LogP) is 7.19. The summed E-state index contributed by atoms with van der Waals surface area (Å²) in [7, 11) is 0. The fourth-order valence-electron chi connectivity index (χ4n) is 2.83. The summed E-state index contributed by atoms with van der Waals surface area (Å²) in [6, 6.07) is 0. The van der Waals surface area contributed by atoms with Crippen molar-refractivity contribution >= 4 is 28.9 Å². The van der Waals surface area contributed by atoms with E-state index in [1.807, 2.05) is 0 Å². The van der Waals surface area contributed by atoms with Gasteiger partial charge >= 0.3 is 0 Å². The molecule has 0 radical (unpaired) electrons. The molecule has 140 valence electrons. The van der Waals surface area contributed by atoms with Gasteiger partial charge in [0.25, 0.3) is 0 Å². The maximum absolute atomic E-state index is 9.09. The fraction of sp³-hybridized carbons (Fsp3) is 1.00. The van der Waals surface area contributed by atoms with Gasteiger partial charge < -0.3 is 9.79 Å². The molecule has 0 aromatic carbocycles. The highest BCUT2D eigenvalue weighted by atomic mass is 32.9. The Morgan fingerprint density at radius 3 is 1.22 bits per heavy atom. The summed E-state index contributed by atoms with van der Waals surface area (Å²) < 4.78 is 0. The van der Waals surface area contributed by atoms with E-state index in [0.717, 1.165) is 23.6 Å². The van der Waals surface area contributed by atoms with E-state index in [4.69, 9.17) is 9.79 Å². The van der Waals surface area contributed by atoms with Crippen LogP contribution < -0.4 is 0 Å². The maximum atomic E-state index is 9.09. The summed E-state index contributed by atoms with van der Waals surface area (Å²) in [6.45, 7) is 2.28. The molecule has 0 atom stereocenters. The minimum atomic E-state index is -3.01. The van der Waals surface area contributed by atoms with E-state index in [1.54, 1.807) is 0 Å². The molecule has 0 aromatic rings. The van der Waals surface area contributed by atoms with E-state index in [1.165, 1.54) is 96.3 Å². The molecule has 0 fully saturated rings. The minimum Gasteiger partial charge on any atom is -0.338 e. The molecule has 0 bridgehead atoms. The number of hydrogen-bond acceptors (Lipinski definition) is 2. The van der Waals surface area contributed by atoms with Crippen molar-refractivity contribution in [2.75, 3.05) is 5.75 Å². The molecule has 2 nitrogen and oxygen atoms in total. The highest BCUT2D eigenvalue weighted by Crippen LogP contribution is 2.50. The van der Waals surface area contributed by atoms with E-state index in [0.29, 0.717) is 0 Å². The summed E-state index contributed by atoms with van der Waals surface area (Å²) in [5, 5.41) is 0. The fourth-order valence-corrected chi connectivity index (χ4v) is 5.18. The smallest absolute Gasteiger partial charge is 0.242 e. The Hall–Kier alpha value is 0.920. The molecular weight excluding hydrogens is 343 g/mol. The molecule has 0 saturated heterocycles. The molecule has 0 aliphatic rings. The summed E-state index contributed by atoms with van der Waals surface area (Å²) in [4.78, 5) is 18.2. The second-order valence-corrected chi connectivity index (χ2v) is 12.8. The van der Waals surface area contributed by atoms with Crippen LogP contribution in [0.15, 0.2) is 0 Å². The van der Waals surface area contributed by atoms with Crippen molar-refractivity contribution in [2.45, 2.75) is 110 Å². The molecule has 23 heavy (non-hydrogen) atoms. The topological polar surface area (TPSA) is 40.5 Å². The third-order valence-electron chi connectivity index (χ3n) is 4.26. The van der Waals surface area contributed by atoms with Crippen LogP contribution in [0.2, 0.25) is 0 Å². The van der Waals surface area contributed by atoms with Crippen molar-refractivity contribution in [3.05, 3.63) is 0 Å². The monoisotopic (exact) mass is 382 g/mol. The quantitative estimate of drug-likeness (QED) is 0.194. The zero-order valence-corrected chi connectivity index (χ0v) is 17.7. The van der Waals surface area contributed by atoms with Gasteiger partial charge in [0.1, 0.15) is 0 Å². The number of hydrogen-bond donors (Lipinski definition) is 2. The second kappa shape index (κ2) is 17.7. The van der Waals surface area contributed by atoms with Crippen molar-refractivity contribution < 1.29 is 9.79 Å². The Balaban J connectivity index is 3.01. The lowest BCUT2D eigenvalue weighted by Gasteiger charge is -2.06. The third kappa shape index (κ3) is 22.9. The Kier molecular flexibility index (Phi) is 18.4. The Labute approximate surface area is 154 Å². The Morgan fingerprint density at radius 2 is 0.913 bits per heavy atom. The molecule has 0 aromatic heterocycles. The lowest BCUT2D eigenvalue weighted by molar-refractivity contribution is 0.502. The molecule has 0 rings (SSSR count). The highest BCUT2D eigenvalue weighted by molar-refractivity contribution is 8.67. The molecule has 0 spiro atoms. The first-order valence-corrected chi connectivity index (χ1v) is 14.1. The number of rotatable bonds is 18. The first-order chi connectivity index (χ1) is 11.1. The van der Waals surface area contributed by atoms with Crippen molar-refractivity contribution in [1.29, 1.82) is 0 Å². The van der Waals surface area contributed by atoms with Crippen LogP contribution in [0.3, 0.4) is 0 Å². The molecule has 0 aliphatic heterocycles. The molecule has 0 aliphatic carbocycles. The average Bonchev–Trinajstić information content (AvgIpc) is 2.49. The van der Waals surface area contributed by atoms with Crippen molar-refractivity contribution in [3.63, 3.8) is 0 Å². The van der Waals surface area contributed by atoms with Gasteiger partial charge in [0.15, 0.2) is 0 Å². The van der Waals surface area contributed by atoms with E-state index in [9.17, 15) is 0 Å². The number of unbranched alkanes of at least 4 members (excludes halogenated alkanes) is 15. The van der Waals surface area contributed by atoms with Crippen LogP contribution in [-0.4, -0.2) is 15.5 Å². The zero-order valence-electron chi connectivity index (χ0n) is 15.2. The van der Waals surface area contributed by atoms with E-state index >= 15 is 0 Å².